The zero-order valence-corrected chi connectivity index (χ0v) is 16.8. The first-order valence-corrected chi connectivity index (χ1v) is 10.1. The van der Waals surface area contributed by atoms with E-state index in [1.807, 2.05) is 17.0 Å². The van der Waals surface area contributed by atoms with Crippen LogP contribution < -0.4 is 9.64 Å². The highest BCUT2D eigenvalue weighted by atomic mass is 16.6. The van der Waals surface area contributed by atoms with Gasteiger partial charge in [0, 0.05) is 45.4 Å². The van der Waals surface area contributed by atoms with Crippen molar-refractivity contribution in [2.75, 3.05) is 44.3 Å². The molecular formula is C21H30N2O5. The van der Waals surface area contributed by atoms with Gasteiger partial charge in [-0.05, 0) is 50.5 Å². The number of hydrogen-bond acceptors (Lipinski definition) is 6. The van der Waals surface area contributed by atoms with Gasteiger partial charge in [0.1, 0.15) is 5.75 Å². The molecule has 7 nitrogen and oxygen atoms in total. The fourth-order valence-electron chi connectivity index (χ4n) is 3.46. The quantitative estimate of drug-likeness (QED) is 0.548. The fourth-order valence-corrected chi connectivity index (χ4v) is 3.46. The minimum absolute atomic E-state index is 0.0757. The van der Waals surface area contributed by atoms with E-state index in [9.17, 15) is 9.59 Å². The van der Waals surface area contributed by atoms with Gasteiger partial charge >= 0.3 is 5.97 Å². The highest BCUT2D eigenvalue weighted by Crippen LogP contribution is 2.21. The number of rotatable bonds is 6. The van der Waals surface area contributed by atoms with E-state index in [4.69, 9.17) is 14.2 Å². The van der Waals surface area contributed by atoms with Gasteiger partial charge < -0.3 is 24.0 Å². The molecule has 2 saturated heterocycles. The van der Waals surface area contributed by atoms with Crippen LogP contribution >= 0.6 is 0 Å². The third-order valence-electron chi connectivity index (χ3n) is 5.28. The molecular weight excluding hydrogens is 360 g/mol. The van der Waals surface area contributed by atoms with E-state index in [0.29, 0.717) is 12.4 Å². The number of nitrogens with zero attached hydrogens (tertiary/aromatic N) is 2. The van der Waals surface area contributed by atoms with Crippen molar-refractivity contribution >= 4 is 17.6 Å². The second-order valence-electron chi connectivity index (χ2n) is 7.37. The van der Waals surface area contributed by atoms with Crippen LogP contribution in [0.2, 0.25) is 0 Å². The smallest absolute Gasteiger partial charge is 0.340 e. The number of carbonyl (C=O) groups is 2. The number of ether oxygens (including phenoxy) is 3. The molecule has 154 valence electrons. The average Bonchev–Trinajstić information content (AvgIpc) is 2.73. The molecule has 3 rings (SSSR count). The van der Waals surface area contributed by atoms with Gasteiger partial charge in [0.05, 0.1) is 12.7 Å². The van der Waals surface area contributed by atoms with E-state index in [1.165, 1.54) is 0 Å². The topological polar surface area (TPSA) is 68.3 Å². The molecule has 7 heteroatoms. The van der Waals surface area contributed by atoms with E-state index >= 15 is 0 Å². The number of anilines is 1. The lowest BCUT2D eigenvalue weighted by Gasteiger charge is -2.35. The summed E-state index contributed by atoms with van der Waals surface area (Å²) in [6.45, 7) is 7.54. The predicted octanol–water partition coefficient (Wildman–Crippen LogP) is 2.23. The molecule has 2 aliphatic rings. The minimum atomic E-state index is -0.634. The molecule has 1 aromatic carbocycles. The number of benzene rings is 1. The van der Waals surface area contributed by atoms with E-state index in [-0.39, 0.29) is 12.0 Å². The Morgan fingerprint density at radius 1 is 1.14 bits per heavy atom. The molecule has 0 N–H and O–H groups in total. The summed E-state index contributed by atoms with van der Waals surface area (Å²) < 4.78 is 16.7. The number of piperazine rings is 1. The second kappa shape index (κ2) is 9.89. The molecule has 0 saturated carbocycles. The molecule has 2 heterocycles. The number of esters is 1. The normalized spacial score (nSPS) is 21.3. The van der Waals surface area contributed by atoms with Gasteiger partial charge in [-0.15, -0.1) is 0 Å². The van der Waals surface area contributed by atoms with Gasteiger partial charge in [0.2, 0.25) is 5.91 Å². The molecule has 0 spiro atoms. The highest BCUT2D eigenvalue weighted by molar-refractivity contribution is 5.77. The van der Waals surface area contributed by atoms with Crippen molar-refractivity contribution in [1.82, 2.24) is 4.90 Å². The van der Waals surface area contributed by atoms with Crippen LogP contribution in [0.4, 0.5) is 5.69 Å². The van der Waals surface area contributed by atoms with Crippen LogP contribution in [0.25, 0.3) is 0 Å². The molecule has 2 unspecified atom stereocenters. The van der Waals surface area contributed by atoms with E-state index in [2.05, 4.69) is 4.90 Å². The largest absolute Gasteiger partial charge is 0.425 e. The SMILES string of the molecule is CC(=O)N1CCN(c2ccc(OC(=O)C(C)OCC3CCCCO3)cc2)CC1. The maximum atomic E-state index is 12.2. The Hall–Kier alpha value is -2.12. The van der Waals surface area contributed by atoms with E-state index < -0.39 is 12.1 Å². The molecule has 28 heavy (non-hydrogen) atoms. The van der Waals surface area contributed by atoms with Gasteiger partial charge in [-0.25, -0.2) is 4.79 Å². The molecule has 1 amide bonds. The number of hydrogen-bond donors (Lipinski definition) is 0. The van der Waals surface area contributed by atoms with Crippen molar-refractivity contribution in [2.45, 2.75) is 45.3 Å². The molecule has 1 aromatic rings. The third-order valence-corrected chi connectivity index (χ3v) is 5.28. The van der Waals surface area contributed by atoms with Crippen molar-refractivity contribution in [2.24, 2.45) is 0 Å². The lowest BCUT2D eigenvalue weighted by atomic mass is 10.1. The van der Waals surface area contributed by atoms with Crippen LogP contribution in [0.3, 0.4) is 0 Å². The van der Waals surface area contributed by atoms with Crippen LogP contribution in [-0.4, -0.2) is 68.4 Å². The fraction of sp³-hybridized carbons (Fsp3) is 0.619. The lowest BCUT2D eigenvalue weighted by molar-refractivity contribution is -0.149. The number of amides is 1. The molecule has 0 aliphatic carbocycles. The summed E-state index contributed by atoms with van der Waals surface area (Å²) in [5, 5.41) is 0. The van der Waals surface area contributed by atoms with Gasteiger partial charge in [0.25, 0.3) is 0 Å². The Kier molecular flexibility index (Phi) is 7.28. The summed E-state index contributed by atoms with van der Waals surface area (Å²) in [4.78, 5) is 27.7. The molecule has 2 aliphatic heterocycles. The Balaban J connectivity index is 1.44. The standard InChI is InChI=1S/C21H30N2O5/c1-16(27-15-20-5-3-4-14-26-20)21(25)28-19-8-6-18(7-9-19)23-12-10-22(11-13-23)17(2)24/h6-9,16,20H,3-5,10-15H2,1-2H3. The average molecular weight is 390 g/mol. The van der Waals surface area contributed by atoms with Gasteiger partial charge in [-0.2, -0.15) is 0 Å². The molecule has 2 fully saturated rings. The van der Waals surface area contributed by atoms with Crippen molar-refractivity contribution in [1.29, 1.82) is 0 Å². The summed E-state index contributed by atoms with van der Waals surface area (Å²) in [5.41, 5.74) is 1.06. The second-order valence-corrected chi connectivity index (χ2v) is 7.37. The first kappa shape index (κ1) is 20.6. The lowest BCUT2D eigenvalue weighted by Crippen LogP contribution is -2.48. The van der Waals surface area contributed by atoms with Crippen molar-refractivity contribution in [3.05, 3.63) is 24.3 Å². The molecule has 0 bridgehead atoms. The zero-order valence-electron chi connectivity index (χ0n) is 16.8. The van der Waals surface area contributed by atoms with Crippen molar-refractivity contribution < 1.29 is 23.8 Å². The predicted molar refractivity (Wildman–Crippen MR) is 106 cm³/mol. The monoisotopic (exact) mass is 390 g/mol. The molecule has 2 atom stereocenters. The minimum Gasteiger partial charge on any atom is -0.425 e. The number of carbonyl (C=O) groups excluding carboxylic acids is 2. The van der Waals surface area contributed by atoms with Gasteiger partial charge in [-0.1, -0.05) is 0 Å². The van der Waals surface area contributed by atoms with Crippen LogP contribution in [0, 0.1) is 0 Å². The first-order valence-electron chi connectivity index (χ1n) is 10.1. The zero-order chi connectivity index (χ0) is 19.9. The van der Waals surface area contributed by atoms with Gasteiger partial charge in [-0.3, -0.25) is 4.79 Å². The highest BCUT2D eigenvalue weighted by Gasteiger charge is 2.21. The van der Waals surface area contributed by atoms with E-state index in [1.54, 1.807) is 26.0 Å². The van der Waals surface area contributed by atoms with Crippen molar-refractivity contribution in [3.63, 3.8) is 0 Å². The Morgan fingerprint density at radius 2 is 1.86 bits per heavy atom. The van der Waals surface area contributed by atoms with Crippen LogP contribution in [0.5, 0.6) is 5.75 Å². The van der Waals surface area contributed by atoms with E-state index in [0.717, 1.165) is 57.7 Å². The molecule has 0 aromatic heterocycles. The van der Waals surface area contributed by atoms with Crippen LogP contribution in [0.1, 0.15) is 33.1 Å². The molecule has 0 radical (unpaired) electrons. The first-order chi connectivity index (χ1) is 13.5. The Morgan fingerprint density at radius 3 is 2.46 bits per heavy atom. The summed E-state index contributed by atoms with van der Waals surface area (Å²) in [6, 6.07) is 7.46. The summed E-state index contributed by atoms with van der Waals surface area (Å²) >= 11 is 0. The Labute approximate surface area is 166 Å². The summed E-state index contributed by atoms with van der Waals surface area (Å²) in [7, 11) is 0. The summed E-state index contributed by atoms with van der Waals surface area (Å²) in [5.74, 6) is 0.215. The summed E-state index contributed by atoms with van der Waals surface area (Å²) in [6.07, 6.45) is 2.65. The maximum absolute atomic E-state index is 12.2. The van der Waals surface area contributed by atoms with Crippen LogP contribution in [0.15, 0.2) is 24.3 Å². The van der Waals surface area contributed by atoms with Crippen LogP contribution in [-0.2, 0) is 19.1 Å². The van der Waals surface area contributed by atoms with Crippen molar-refractivity contribution in [3.8, 4) is 5.75 Å². The maximum Gasteiger partial charge on any atom is 0.340 e. The Bertz CT molecular complexity index is 649. The third kappa shape index (κ3) is 5.69. The van der Waals surface area contributed by atoms with Gasteiger partial charge in [0.15, 0.2) is 6.10 Å².